The van der Waals surface area contributed by atoms with Crippen LogP contribution in [0.3, 0.4) is 0 Å². The van der Waals surface area contributed by atoms with Crippen molar-refractivity contribution in [1.82, 2.24) is 0 Å². The van der Waals surface area contributed by atoms with Crippen LogP contribution in [-0.2, 0) is 4.74 Å². The number of thioether (sulfide) groups is 1. The molecule has 0 spiro atoms. The second kappa shape index (κ2) is 5.65. The van der Waals surface area contributed by atoms with Gasteiger partial charge in [-0.3, -0.25) is 4.79 Å². The Morgan fingerprint density at radius 3 is 3.06 bits per heavy atom. The molecular weight excluding hydrogens is 239 g/mol. The molecule has 1 unspecified atom stereocenters. The predicted molar refractivity (Wildman–Crippen MR) is 66.1 cm³/mol. The third-order valence-corrected chi connectivity index (χ3v) is 3.98. The van der Waals surface area contributed by atoms with E-state index >= 15 is 0 Å². The zero-order valence-corrected chi connectivity index (χ0v) is 10.6. The standard InChI is InChI=1S/C13H15FO2S/c1-9(15)12-7-10(14)4-5-13(12)17-8-11-3-2-6-16-11/h4-5,7,11H,2-3,6,8H2,1H3. The van der Waals surface area contributed by atoms with Gasteiger partial charge in [0.25, 0.3) is 0 Å². The van der Waals surface area contributed by atoms with Crippen LogP contribution in [0.2, 0.25) is 0 Å². The first-order chi connectivity index (χ1) is 8.16. The van der Waals surface area contributed by atoms with Gasteiger partial charge < -0.3 is 4.74 Å². The zero-order chi connectivity index (χ0) is 12.3. The second-order valence-corrected chi connectivity index (χ2v) is 5.20. The fraction of sp³-hybridized carbons (Fsp3) is 0.462. The summed E-state index contributed by atoms with van der Waals surface area (Å²) in [4.78, 5) is 12.2. The molecule has 0 amide bonds. The molecule has 0 bridgehead atoms. The smallest absolute Gasteiger partial charge is 0.161 e. The Balaban J connectivity index is 2.06. The van der Waals surface area contributed by atoms with E-state index in [-0.39, 0.29) is 17.7 Å². The van der Waals surface area contributed by atoms with Gasteiger partial charge in [-0.25, -0.2) is 4.39 Å². The van der Waals surface area contributed by atoms with Crippen molar-refractivity contribution in [2.75, 3.05) is 12.4 Å². The van der Waals surface area contributed by atoms with Crippen LogP contribution >= 0.6 is 11.8 Å². The molecule has 17 heavy (non-hydrogen) atoms. The summed E-state index contributed by atoms with van der Waals surface area (Å²) in [5.41, 5.74) is 0.466. The van der Waals surface area contributed by atoms with Gasteiger partial charge in [0.2, 0.25) is 0 Å². The van der Waals surface area contributed by atoms with Crippen molar-refractivity contribution in [3.63, 3.8) is 0 Å². The third kappa shape index (κ3) is 3.30. The maximum absolute atomic E-state index is 13.1. The van der Waals surface area contributed by atoms with Gasteiger partial charge in [0, 0.05) is 22.8 Å². The topological polar surface area (TPSA) is 26.3 Å². The number of Topliss-reactive ketones (excluding diaryl/α,β-unsaturated/α-hetero) is 1. The van der Waals surface area contributed by atoms with Crippen LogP contribution in [0.5, 0.6) is 0 Å². The maximum Gasteiger partial charge on any atom is 0.161 e. The summed E-state index contributed by atoms with van der Waals surface area (Å²) in [7, 11) is 0. The van der Waals surface area contributed by atoms with Crippen LogP contribution in [0.15, 0.2) is 23.1 Å². The van der Waals surface area contributed by atoms with E-state index in [2.05, 4.69) is 0 Å². The van der Waals surface area contributed by atoms with E-state index in [1.165, 1.54) is 19.1 Å². The highest BCUT2D eigenvalue weighted by atomic mass is 32.2. The molecule has 1 aromatic carbocycles. The fourth-order valence-electron chi connectivity index (χ4n) is 1.86. The van der Waals surface area contributed by atoms with E-state index in [4.69, 9.17) is 4.74 Å². The molecule has 0 aromatic heterocycles. The van der Waals surface area contributed by atoms with Crippen molar-refractivity contribution < 1.29 is 13.9 Å². The van der Waals surface area contributed by atoms with Crippen molar-refractivity contribution >= 4 is 17.5 Å². The number of carbonyl (C=O) groups excluding carboxylic acids is 1. The number of hydrogen-bond acceptors (Lipinski definition) is 3. The number of hydrogen-bond donors (Lipinski definition) is 0. The van der Waals surface area contributed by atoms with Crippen LogP contribution in [0.1, 0.15) is 30.1 Å². The molecule has 1 aliphatic heterocycles. The Morgan fingerprint density at radius 2 is 2.41 bits per heavy atom. The van der Waals surface area contributed by atoms with Crippen molar-refractivity contribution in [3.05, 3.63) is 29.6 Å². The second-order valence-electron chi connectivity index (χ2n) is 4.14. The Kier molecular flexibility index (Phi) is 4.18. The lowest BCUT2D eigenvalue weighted by molar-refractivity contribution is 0.101. The molecule has 1 aromatic rings. The molecule has 1 aliphatic rings. The monoisotopic (exact) mass is 254 g/mol. The first-order valence-corrected chi connectivity index (χ1v) is 6.70. The molecule has 2 nitrogen and oxygen atoms in total. The molecule has 1 saturated heterocycles. The van der Waals surface area contributed by atoms with Gasteiger partial charge in [0.1, 0.15) is 5.82 Å². The normalized spacial score (nSPS) is 19.5. The van der Waals surface area contributed by atoms with E-state index in [0.29, 0.717) is 5.56 Å². The summed E-state index contributed by atoms with van der Waals surface area (Å²) in [5, 5.41) is 0. The first kappa shape index (κ1) is 12.6. The van der Waals surface area contributed by atoms with Gasteiger partial charge in [-0.05, 0) is 38.0 Å². The first-order valence-electron chi connectivity index (χ1n) is 5.71. The summed E-state index contributed by atoms with van der Waals surface area (Å²) in [5.74, 6) is 0.363. The quantitative estimate of drug-likeness (QED) is 0.609. The van der Waals surface area contributed by atoms with E-state index in [0.717, 1.165) is 30.1 Å². The highest BCUT2D eigenvalue weighted by Gasteiger charge is 2.17. The van der Waals surface area contributed by atoms with Crippen LogP contribution in [0.25, 0.3) is 0 Å². The van der Waals surface area contributed by atoms with Crippen molar-refractivity contribution in [2.45, 2.75) is 30.8 Å². The highest BCUT2D eigenvalue weighted by Crippen LogP contribution is 2.27. The summed E-state index contributed by atoms with van der Waals surface area (Å²) >= 11 is 1.57. The third-order valence-electron chi connectivity index (χ3n) is 2.77. The number of ether oxygens (including phenoxy) is 1. The van der Waals surface area contributed by atoms with Gasteiger partial charge >= 0.3 is 0 Å². The van der Waals surface area contributed by atoms with E-state index in [1.54, 1.807) is 17.8 Å². The molecule has 0 radical (unpaired) electrons. The molecule has 1 fully saturated rings. The van der Waals surface area contributed by atoms with Crippen molar-refractivity contribution in [2.24, 2.45) is 0 Å². The Labute approximate surface area is 105 Å². The van der Waals surface area contributed by atoms with Crippen molar-refractivity contribution in [3.8, 4) is 0 Å². The summed E-state index contributed by atoms with van der Waals surface area (Å²) in [6.07, 6.45) is 2.45. The number of halogens is 1. The van der Waals surface area contributed by atoms with Crippen LogP contribution in [0.4, 0.5) is 4.39 Å². The number of carbonyl (C=O) groups is 1. The minimum atomic E-state index is -0.364. The lowest BCUT2D eigenvalue weighted by Gasteiger charge is -2.10. The van der Waals surface area contributed by atoms with Crippen LogP contribution in [0, 0.1) is 5.82 Å². The summed E-state index contributed by atoms with van der Waals surface area (Å²) in [6.45, 7) is 2.29. The maximum atomic E-state index is 13.1. The van der Waals surface area contributed by atoms with Gasteiger partial charge in [0.05, 0.1) is 6.10 Å². The van der Waals surface area contributed by atoms with Gasteiger partial charge in [0.15, 0.2) is 5.78 Å². The molecule has 0 saturated carbocycles. The minimum Gasteiger partial charge on any atom is -0.377 e. The average Bonchev–Trinajstić information content (AvgIpc) is 2.80. The molecule has 1 heterocycles. The Hall–Kier alpha value is -0.870. The molecule has 0 aliphatic carbocycles. The number of benzene rings is 1. The van der Waals surface area contributed by atoms with E-state index in [1.807, 2.05) is 0 Å². The molecular formula is C13H15FO2S. The van der Waals surface area contributed by atoms with Crippen LogP contribution < -0.4 is 0 Å². The van der Waals surface area contributed by atoms with Gasteiger partial charge in [-0.15, -0.1) is 11.8 Å². The molecule has 2 rings (SSSR count). The Morgan fingerprint density at radius 1 is 1.59 bits per heavy atom. The van der Waals surface area contributed by atoms with Gasteiger partial charge in [-0.2, -0.15) is 0 Å². The molecule has 0 N–H and O–H groups in total. The van der Waals surface area contributed by atoms with Crippen LogP contribution in [-0.4, -0.2) is 24.2 Å². The lowest BCUT2D eigenvalue weighted by Crippen LogP contribution is -2.08. The largest absolute Gasteiger partial charge is 0.377 e. The van der Waals surface area contributed by atoms with Gasteiger partial charge in [-0.1, -0.05) is 0 Å². The molecule has 4 heteroatoms. The molecule has 1 atom stereocenters. The number of rotatable bonds is 4. The van der Waals surface area contributed by atoms with Crippen molar-refractivity contribution in [1.29, 1.82) is 0 Å². The fourth-order valence-corrected chi connectivity index (χ4v) is 3.01. The Bertz CT molecular complexity index is 414. The average molecular weight is 254 g/mol. The minimum absolute atomic E-state index is 0.0978. The zero-order valence-electron chi connectivity index (χ0n) is 9.74. The lowest BCUT2D eigenvalue weighted by atomic mass is 10.1. The van der Waals surface area contributed by atoms with E-state index < -0.39 is 0 Å². The SMILES string of the molecule is CC(=O)c1cc(F)ccc1SCC1CCCO1. The summed E-state index contributed by atoms with van der Waals surface area (Å²) < 4.78 is 18.6. The predicted octanol–water partition coefficient (Wildman–Crippen LogP) is 3.30. The van der Waals surface area contributed by atoms with E-state index in [9.17, 15) is 9.18 Å². The summed E-state index contributed by atoms with van der Waals surface area (Å²) in [6, 6.07) is 4.37. The highest BCUT2D eigenvalue weighted by molar-refractivity contribution is 7.99. The number of ketones is 1. The molecule has 92 valence electrons.